The molecular formula is C7H14N2O2. The number of aliphatic hydroxyl groups excluding tert-OH is 1. The van der Waals surface area contributed by atoms with Gasteiger partial charge < -0.3 is 15.7 Å². The van der Waals surface area contributed by atoms with Crippen molar-refractivity contribution in [2.24, 2.45) is 5.73 Å². The van der Waals surface area contributed by atoms with Gasteiger partial charge in [-0.2, -0.15) is 0 Å². The lowest BCUT2D eigenvalue weighted by Gasteiger charge is -2.21. The number of nitrogens with two attached hydrogens (primary N) is 1. The van der Waals surface area contributed by atoms with Crippen LogP contribution in [0.3, 0.4) is 0 Å². The highest BCUT2D eigenvalue weighted by atomic mass is 16.3. The standard InChI is InChI=1S/C7H14N2O2/c8-4-7(11)9-3-1-2-6(9)5-10/h6,10H,1-5,8H2/t6-/m1/s1. The Hall–Kier alpha value is -0.610. The molecule has 0 saturated carbocycles. The first kappa shape index (κ1) is 8.49. The molecule has 0 aromatic carbocycles. The number of carbonyl (C=O) groups is 1. The number of hydrogen-bond donors (Lipinski definition) is 2. The van der Waals surface area contributed by atoms with Crippen molar-refractivity contribution in [2.75, 3.05) is 19.7 Å². The predicted octanol–water partition coefficient (Wildman–Crippen LogP) is -1.07. The van der Waals surface area contributed by atoms with E-state index in [2.05, 4.69) is 0 Å². The average Bonchev–Trinajstić information content (AvgIpc) is 2.50. The fourth-order valence-corrected chi connectivity index (χ4v) is 1.47. The molecule has 1 amide bonds. The third-order valence-electron chi connectivity index (χ3n) is 2.08. The van der Waals surface area contributed by atoms with Crippen molar-refractivity contribution < 1.29 is 9.90 Å². The summed E-state index contributed by atoms with van der Waals surface area (Å²) in [5.74, 6) is -0.0541. The molecule has 1 aliphatic heterocycles. The van der Waals surface area contributed by atoms with Gasteiger partial charge in [-0.25, -0.2) is 0 Å². The minimum absolute atomic E-state index is 0.0195. The van der Waals surface area contributed by atoms with Crippen LogP contribution in [-0.2, 0) is 4.79 Å². The summed E-state index contributed by atoms with van der Waals surface area (Å²) in [5, 5.41) is 8.85. The summed E-state index contributed by atoms with van der Waals surface area (Å²) >= 11 is 0. The predicted molar refractivity (Wildman–Crippen MR) is 40.9 cm³/mol. The van der Waals surface area contributed by atoms with E-state index in [4.69, 9.17) is 10.8 Å². The second-order valence-electron chi connectivity index (χ2n) is 2.77. The molecule has 0 aromatic rings. The van der Waals surface area contributed by atoms with Crippen molar-refractivity contribution in [1.29, 1.82) is 0 Å². The second-order valence-corrected chi connectivity index (χ2v) is 2.77. The van der Waals surface area contributed by atoms with Crippen LogP contribution in [0, 0.1) is 0 Å². The molecule has 0 aromatic heterocycles. The van der Waals surface area contributed by atoms with Crippen molar-refractivity contribution in [3.63, 3.8) is 0 Å². The van der Waals surface area contributed by atoms with E-state index in [1.165, 1.54) is 0 Å². The lowest BCUT2D eigenvalue weighted by atomic mass is 10.2. The van der Waals surface area contributed by atoms with E-state index < -0.39 is 0 Å². The van der Waals surface area contributed by atoms with Crippen LogP contribution in [0.2, 0.25) is 0 Å². The molecule has 4 heteroatoms. The van der Waals surface area contributed by atoms with Crippen LogP contribution >= 0.6 is 0 Å². The van der Waals surface area contributed by atoms with Crippen LogP contribution in [0.15, 0.2) is 0 Å². The van der Waals surface area contributed by atoms with Gasteiger partial charge in [0.25, 0.3) is 0 Å². The van der Waals surface area contributed by atoms with Gasteiger partial charge in [0.1, 0.15) is 0 Å². The van der Waals surface area contributed by atoms with Gasteiger partial charge in [-0.1, -0.05) is 0 Å². The molecule has 0 aliphatic carbocycles. The Morgan fingerprint density at radius 3 is 3.00 bits per heavy atom. The quantitative estimate of drug-likeness (QED) is 0.537. The molecule has 0 bridgehead atoms. The smallest absolute Gasteiger partial charge is 0.236 e. The largest absolute Gasteiger partial charge is 0.394 e. The molecule has 0 radical (unpaired) electrons. The van der Waals surface area contributed by atoms with Gasteiger partial charge >= 0.3 is 0 Å². The van der Waals surface area contributed by atoms with E-state index in [-0.39, 0.29) is 25.1 Å². The van der Waals surface area contributed by atoms with E-state index in [0.717, 1.165) is 19.4 Å². The fourth-order valence-electron chi connectivity index (χ4n) is 1.47. The molecule has 1 saturated heterocycles. The Morgan fingerprint density at radius 2 is 2.45 bits per heavy atom. The number of rotatable bonds is 2. The molecule has 1 aliphatic rings. The minimum Gasteiger partial charge on any atom is -0.394 e. The number of likely N-dealkylation sites (tertiary alicyclic amines) is 1. The molecular weight excluding hydrogens is 144 g/mol. The monoisotopic (exact) mass is 158 g/mol. The number of carbonyl (C=O) groups excluding carboxylic acids is 1. The summed E-state index contributed by atoms with van der Waals surface area (Å²) < 4.78 is 0. The Balaban J connectivity index is 2.49. The lowest BCUT2D eigenvalue weighted by molar-refractivity contribution is -0.131. The molecule has 1 fully saturated rings. The van der Waals surface area contributed by atoms with Crippen molar-refractivity contribution in [2.45, 2.75) is 18.9 Å². The van der Waals surface area contributed by atoms with E-state index >= 15 is 0 Å². The Labute approximate surface area is 66.0 Å². The number of hydrogen-bond acceptors (Lipinski definition) is 3. The van der Waals surface area contributed by atoms with E-state index in [1.807, 2.05) is 0 Å². The molecule has 0 spiro atoms. The van der Waals surface area contributed by atoms with Gasteiger partial charge in [-0.3, -0.25) is 4.79 Å². The van der Waals surface area contributed by atoms with Crippen molar-refractivity contribution in [3.8, 4) is 0 Å². The number of amides is 1. The van der Waals surface area contributed by atoms with Crippen molar-refractivity contribution >= 4 is 5.91 Å². The molecule has 11 heavy (non-hydrogen) atoms. The van der Waals surface area contributed by atoms with Gasteiger partial charge in [0, 0.05) is 6.54 Å². The summed E-state index contributed by atoms with van der Waals surface area (Å²) in [7, 11) is 0. The normalized spacial score (nSPS) is 24.2. The average molecular weight is 158 g/mol. The Kier molecular flexibility index (Phi) is 2.84. The van der Waals surface area contributed by atoms with Crippen molar-refractivity contribution in [3.05, 3.63) is 0 Å². The maximum Gasteiger partial charge on any atom is 0.236 e. The van der Waals surface area contributed by atoms with E-state index in [1.54, 1.807) is 4.90 Å². The van der Waals surface area contributed by atoms with Crippen LogP contribution in [0.1, 0.15) is 12.8 Å². The zero-order valence-corrected chi connectivity index (χ0v) is 6.49. The Bertz CT molecular complexity index is 149. The van der Waals surface area contributed by atoms with Gasteiger partial charge in [-0.05, 0) is 12.8 Å². The van der Waals surface area contributed by atoms with Gasteiger partial charge in [0.05, 0.1) is 19.2 Å². The summed E-state index contributed by atoms with van der Waals surface area (Å²) in [5.41, 5.74) is 5.20. The first-order valence-electron chi connectivity index (χ1n) is 3.90. The maximum atomic E-state index is 11.1. The van der Waals surface area contributed by atoms with Gasteiger partial charge in [0.2, 0.25) is 5.91 Å². The van der Waals surface area contributed by atoms with Crippen LogP contribution in [0.5, 0.6) is 0 Å². The fraction of sp³-hybridized carbons (Fsp3) is 0.857. The van der Waals surface area contributed by atoms with Crippen LogP contribution < -0.4 is 5.73 Å². The third-order valence-corrected chi connectivity index (χ3v) is 2.08. The van der Waals surface area contributed by atoms with Crippen LogP contribution in [0.4, 0.5) is 0 Å². The van der Waals surface area contributed by atoms with Crippen LogP contribution in [0.25, 0.3) is 0 Å². The van der Waals surface area contributed by atoms with E-state index in [0.29, 0.717) is 0 Å². The summed E-state index contributed by atoms with van der Waals surface area (Å²) in [6.45, 7) is 0.865. The van der Waals surface area contributed by atoms with Gasteiger partial charge in [-0.15, -0.1) is 0 Å². The molecule has 1 heterocycles. The highest BCUT2D eigenvalue weighted by Gasteiger charge is 2.26. The van der Waals surface area contributed by atoms with E-state index in [9.17, 15) is 4.79 Å². The first-order chi connectivity index (χ1) is 5.29. The zero-order valence-electron chi connectivity index (χ0n) is 6.49. The highest BCUT2D eigenvalue weighted by Crippen LogP contribution is 2.15. The summed E-state index contributed by atoms with van der Waals surface area (Å²) in [4.78, 5) is 12.7. The molecule has 4 nitrogen and oxygen atoms in total. The second kappa shape index (κ2) is 3.69. The third kappa shape index (κ3) is 1.70. The number of aliphatic hydroxyl groups is 1. The highest BCUT2D eigenvalue weighted by molar-refractivity contribution is 5.78. The molecule has 64 valence electrons. The molecule has 0 unspecified atom stereocenters. The Morgan fingerprint density at radius 1 is 1.73 bits per heavy atom. The zero-order chi connectivity index (χ0) is 8.27. The van der Waals surface area contributed by atoms with Gasteiger partial charge in [0.15, 0.2) is 0 Å². The molecule has 3 N–H and O–H groups in total. The number of nitrogens with zero attached hydrogens (tertiary/aromatic N) is 1. The molecule has 1 rings (SSSR count). The molecule has 1 atom stereocenters. The maximum absolute atomic E-state index is 11.1. The first-order valence-corrected chi connectivity index (χ1v) is 3.90. The summed E-state index contributed by atoms with van der Waals surface area (Å²) in [6, 6.07) is 0.0195. The minimum atomic E-state index is -0.0541. The summed E-state index contributed by atoms with van der Waals surface area (Å²) in [6.07, 6.45) is 1.89. The lowest BCUT2D eigenvalue weighted by Crippen LogP contribution is -2.41. The topological polar surface area (TPSA) is 66.6 Å². The van der Waals surface area contributed by atoms with Crippen LogP contribution in [-0.4, -0.2) is 41.7 Å². The van der Waals surface area contributed by atoms with Crippen molar-refractivity contribution in [1.82, 2.24) is 4.90 Å². The SMILES string of the molecule is NCC(=O)N1CCC[C@@H]1CO.